The van der Waals surface area contributed by atoms with Crippen LogP contribution >= 0.6 is 23.1 Å². The highest BCUT2D eigenvalue weighted by molar-refractivity contribution is 7.99. The Kier molecular flexibility index (Phi) is 4.05. The number of aromatic nitrogens is 1. The normalized spacial score (nSPS) is 23.1. The molecular formula is C16H16N4OS2. The van der Waals surface area contributed by atoms with E-state index in [-0.39, 0.29) is 5.91 Å². The van der Waals surface area contributed by atoms with E-state index in [1.165, 1.54) is 12.2 Å². The first kappa shape index (κ1) is 14.7. The number of thioether (sulfide) groups is 1. The fourth-order valence-corrected chi connectivity index (χ4v) is 4.50. The summed E-state index contributed by atoms with van der Waals surface area (Å²) in [4.78, 5) is 20.8. The van der Waals surface area contributed by atoms with Crippen molar-refractivity contribution in [2.75, 3.05) is 11.5 Å². The number of rotatable bonds is 2. The fraction of sp³-hybridized carbons (Fsp3) is 0.312. The molecule has 1 aromatic heterocycles. The quantitative estimate of drug-likeness (QED) is 0.822. The first-order chi connectivity index (χ1) is 11.3. The smallest absolute Gasteiger partial charge is 0.276 e. The summed E-state index contributed by atoms with van der Waals surface area (Å²) in [7, 11) is 0. The van der Waals surface area contributed by atoms with Crippen LogP contribution in [-0.4, -0.2) is 34.4 Å². The number of nitrogens with zero attached hydrogens (tertiary/aromatic N) is 2. The Balaban J connectivity index is 1.53. The van der Waals surface area contributed by atoms with E-state index in [1.54, 1.807) is 11.3 Å². The van der Waals surface area contributed by atoms with Crippen LogP contribution in [0.5, 0.6) is 0 Å². The van der Waals surface area contributed by atoms with Gasteiger partial charge in [-0.3, -0.25) is 10.1 Å². The van der Waals surface area contributed by atoms with Crippen LogP contribution in [0.2, 0.25) is 0 Å². The van der Waals surface area contributed by atoms with Gasteiger partial charge in [0.2, 0.25) is 5.96 Å². The summed E-state index contributed by atoms with van der Waals surface area (Å²) < 4.78 is 1.11. The van der Waals surface area contributed by atoms with Gasteiger partial charge < -0.3 is 5.32 Å². The Morgan fingerprint density at radius 1 is 1.39 bits per heavy atom. The van der Waals surface area contributed by atoms with Gasteiger partial charge in [-0.2, -0.15) is 11.8 Å². The Morgan fingerprint density at radius 2 is 2.35 bits per heavy atom. The molecule has 1 fully saturated rings. The third kappa shape index (κ3) is 3.25. The monoisotopic (exact) mass is 344 g/mol. The number of carbonyl (C=O) groups is 1. The number of carbonyl (C=O) groups excluding carboxylic acids is 1. The second kappa shape index (κ2) is 6.33. The maximum absolute atomic E-state index is 12.1. The van der Waals surface area contributed by atoms with Gasteiger partial charge in [0.1, 0.15) is 5.70 Å². The van der Waals surface area contributed by atoms with E-state index in [9.17, 15) is 4.79 Å². The molecule has 0 spiro atoms. The third-order valence-corrected chi connectivity index (χ3v) is 5.86. The van der Waals surface area contributed by atoms with Gasteiger partial charge >= 0.3 is 0 Å². The predicted molar refractivity (Wildman–Crippen MR) is 96.7 cm³/mol. The number of nitrogens with one attached hydrogen (secondary N) is 2. The highest BCUT2D eigenvalue weighted by atomic mass is 32.2. The van der Waals surface area contributed by atoms with E-state index in [4.69, 9.17) is 0 Å². The van der Waals surface area contributed by atoms with E-state index in [0.29, 0.717) is 17.7 Å². The standard InChI is InChI=1S/C16H16N4OS2/c21-15-13(6-10-3-4-12-14(7-10)23-9-17-12)19-16(20-15)18-11-2-1-5-22-8-11/h3-4,6-7,9,11H,1-2,5,8H2,(H2,18,19,20,21)/b13-6-. The number of guanidine groups is 1. The number of hydrogen-bond acceptors (Lipinski definition) is 6. The van der Waals surface area contributed by atoms with Gasteiger partial charge in [-0.1, -0.05) is 6.07 Å². The van der Waals surface area contributed by atoms with Crippen LogP contribution in [0.4, 0.5) is 0 Å². The minimum atomic E-state index is -0.152. The van der Waals surface area contributed by atoms with Crippen molar-refractivity contribution in [2.24, 2.45) is 4.99 Å². The molecule has 4 rings (SSSR count). The van der Waals surface area contributed by atoms with Crippen LogP contribution in [-0.2, 0) is 4.79 Å². The lowest BCUT2D eigenvalue weighted by Crippen LogP contribution is -2.44. The van der Waals surface area contributed by atoms with Crippen LogP contribution in [0.25, 0.3) is 16.3 Å². The molecule has 2 aliphatic rings. The summed E-state index contributed by atoms with van der Waals surface area (Å²) in [6.45, 7) is 0. The number of amides is 1. The summed E-state index contributed by atoms with van der Waals surface area (Å²) in [5.74, 6) is 2.71. The molecule has 0 radical (unpaired) electrons. The molecule has 0 aliphatic carbocycles. The zero-order valence-corrected chi connectivity index (χ0v) is 14.0. The lowest BCUT2D eigenvalue weighted by molar-refractivity contribution is -0.115. The Labute approximate surface area is 142 Å². The van der Waals surface area contributed by atoms with Crippen molar-refractivity contribution < 1.29 is 4.79 Å². The summed E-state index contributed by atoms with van der Waals surface area (Å²) in [6.07, 6.45) is 4.16. The number of benzene rings is 1. The molecule has 23 heavy (non-hydrogen) atoms. The molecule has 7 heteroatoms. The maximum Gasteiger partial charge on any atom is 0.276 e. The molecule has 118 valence electrons. The van der Waals surface area contributed by atoms with Gasteiger partial charge in [0.15, 0.2) is 0 Å². The zero-order valence-electron chi connectivity index (χ0n) is 12.4. The van der Waals surface area contributed by atoms with E-state index in [2.05, 4.69) is 20.6 Å². The predicted octanol–water partition coefficient (Wildman–Crippen LogP) is 2.61. The zero-order chi connectivity index (χ0) is 15.6. The van der Waals surface area contributed by atoms with Crippen LogP contribution < -0.4 is 10.6 Å². The highest BCUT2D eigenvalue weighted by Gasteiger charge is 2.23. The van der Waals surface area contributed by atoms with Crippen LogP contribution in [0.15, 0.2) is 34.4 Å². The molecular weight excluding hydrogens is 328 g/mol. The van der Waals surface area contributed by atoms with Crippen molar-refractivity contribution in [2.45, 2.75) is 18.9 Å². The van der Waals surface area contributed by atoms with Crippen molar-refractivity contribution >= 4 is 51.3 Å². The van der Waals surface area contributed by atoms with Gasteiger partial charge in [-0.25, -0.2) is 9.98 Å². The van der Waals surface area contributed by atoms with Crippen LogP contribution in [0.3, 0.4) is 0 Å². The molecule has 2 aliphatic heterocycles. The molecule has 5 nitrogen and oxygen atoms in total. The molecule has 0 saturated carbocycles. The van der Waals surface area contributed by atoms with Crippen molar-refractivity contribution in [1.29, 1.82) is 0 Å². The Morgan fingerprint density at radius 3 is 3.22 bits per heavy atom. The molecule has 1 unspecified atom stereocenters. The van der Waals surface area contributed by atoms with Crippen LogP contribution in [0, 0.1) is 0 Å². The number of aliphatic imine (C=N–C) groups is 1. The summed E-state index contributed by atoms with van der Waals surface area (Å²) in [5, 5.41) is 6.15. The van der Waals surface area contributed by atoms with Gasteiger partial charge in [0.25, 0.3) is 5.91 Å². The Bertz CT molecular complexity index is 805. The lowest BCUT2D eigenvalue weighted by atomic mass is 10.2. The summed E-state index contributed by atoms with van der Waals surface area (Å²) in [6, 6.07) is 6.35. The molecule has 1 amide bonds. The van der Waals surface area contributed by atoms with E-state index < -0.39 is 0 Å². The minimum Gasteiger partial charge on any atom is -0.352 e. The average Bonchev–Trinajstić information content (AvgIpc) is 3.15. The van der Waals surface area contributed by atoms with E-state index in [1.807, 2.05) is 41.5 Å². The van der Waals surface area contributed by atoms with E-state index in [0.717, 1.165) is 28.0 Å². The molecule has 0 bridgehead atoms. The van der Waals surface area contributed by atoms with Gasteiger partial charge in [-0.05, 0) is 42.4 Å². The molecule has 1 atom stereocenters. The summed E-state index contributed by atoms with van der Waals surface area (Å²) in [5.41, 5.74) is 4.21. The van der Waals surface area contributed by atoms with Gasteiger partial charge in [0.05, 0.1) is 15.7 Å². The molecule has 2 aromatic rings. The topological polar surface area (TPSA) is 66.4 Å². The lowest BCUT2D eigenvalue weighted by Gasteiger charge is -2.22. The maximum atomic E-state index is 12.1. The third-order valence-electron chi connectivity index (χ3n) is 3.86. The SMILES string of the molecule is O=C1NC(NC2CCCSC2)=N/C1=C\c1ccc2ncsc2c1. The second-order valence-electron chi connectivity index (χ2n) is 5.58. The second-order valence-corrected chi connectivity index (χ2v) is 7.62. The van der Waals surface area contributed by atoms with Crippen molar-refractivity contribution in [1.82, 2.24) is 15.6 Å². The fourth-order valence-electron chi connectivity index (χ4n) is 2.70. The number of thiazole rings is 1. The van der Waals surface area contributed by atoms with Gasteiger partial charge in [0, 0.05) is 11.8 Å². The molecule has 1 saturated heterocycles. The van der Waals surface area contributed by atoms with Crippen LogP contribution in [0.1, 0.15) is 18.4 Å². The molecule has 1 aromatic carbocycles. The Hall–Kier alpha value is -1.86. The largest absolute Gasteiger partial charge is 0.352 e. The van der Waals surface area contributed by atoms with Crippen molar-refractivity contribution in [3.05, 3.63) is 35.0 Å². The first-order valence-electron chi connectivity index (χ1n) is 7.57. The molecule has 3 heterocycles. The van der Waals surface area contributed by atoms with E-state index >= 15 is 0 Å². The molecule has 2 N–H and O–H groups in total. The van der Waals surface area contributed by atoms with Gasteiger partial charge in [-0.15, -0.1) is 11.3 Å². The summed E-state index contributed by atoms with van der Waals surface area (Å²) >= 11 is 3.54. The van der Waals surface area contributed by atoms with Crippen molar-refractivity contribution in [3.63, 3.8) is 0 Å². The first-order valence-corrected chi connectivity index (χ1v) is 9.61. The highest BCUT2D eigenvalue weighted by Crippen LogP contribution is 2.22. The minimum absolute atomic E-state index is 0.152. The average molecular weight is 344 g/mol. The number of hydrogen-bond donors (Lipinski definition) is 2. The van der Waals surface area contributed by atoms with Crippen molar-refractivity contribution in [3.8, 4) is 0 Å². The number of fused-ring (bicyclic) bond motifs is 1.